The molecule has 0 radical (unpaired) electrons. The highest BCUT2D eigenvalue weighted by atomic mass is 35.5. The van der Waals surface area contributed by atoms with Gasteiger partial charge < -0.3 is 5.32 Å². The summed E-state index contributed by atoms with van der Waals surface area (Å²) in [5.41, 5.74) is 2.32. The van der Waals surface area contributed by atoms with E-state index < -0.39 is 5.91 Å². The monoisotopic (exact) mass is 296 g/mol. The molecule has 21 heavy (non-hydrogen) atoms. The summed E-state index contributed by atoms with van der Waals surface area (Å²) in [7, 11) is 0. The van der Waals surface area contributed by atoms with Gasteiger partial charge in [-0.05, 0) is 36.3 Å². The van der Waals surface area contributed by atoms with Crippen molar-refractivity contribution in [1.82, 2.24) is 0 Å². The highest BCUT2D eigenvalue weighted by Crippen LogP contribution is 2.21. The van der Waals surface area contributed by atoms with E-state index in [1.165, 1.54) is 0 Å². The van der Waals surface area contributed by atoms with Gasteiger partial charge >= 0.3 is 0 Å². The summed E-state index contributed by atoms with van der Waals surface area (Å²) in [6.45, 7) is 1.86. The van der Waals surface area contributed by atoms with E-state index in [-0.39, 0.29) is 5.57 Å². The first-order chi connectivity index (χ1) is 10.1. The number of anilines is 1. The Bertz CT molecular complexity index is 730. The van der Waals surface area contributed by atoms with Crippen molar-refractivity contribution >= 4 is 29.3 Å². The lowest BCUT2D eigenvalue weighted by atomic mass is 10.1. The SMILES string of the molecule is Cc1ccc(Cl)cc1NC(=O)/C(C#N)=C/c1ccccc1. The van der Waals surface area contributed by atoms with Gasteiger partial charge in [0.25, 0.3) is 5.91 Å². The molecule has 2 aromatic rings. The van der Waals surface area contributed by atoms with Gasteiger partial charge in [0, 0.05) is 10.7 Å². The summed E-state index contributed by atoms with van der Waals surface area (Å²) >= 11 is 5.91. The van der Waals surface area contributed by atoms with Crippen LogP contribution < -0.4 is 5.32 Å². The molecule has 3 nitrogen and oxygen atoms in total. The lowest BCUT2D eigenvalue weighted by Gasteiger charge is -2.08. The molecule has 0 unspecified atom stereocenters. The quantitative estimate of drug-likeness (QED) is 0.682. The number of halogens is 1. The van der Waals surface area contributed by atoms with Crippen molar-refractivity contribution in [2.45, 2.75) is 6.92 Å². The number of hydrogen-bond acceptors (Lipinski definition) is 2. The molecule has 0 aliphatic heterocycles. The number of hydrogen-bond donors (Lipinski definition) is 1. The maximum atomic E-state index is 12.2. The molecule has 0 aliphatic carbocycles. The first kappa shape index (κ1) is 14.8. The van der Waals surface area contributed by atoms with Gasteiger partial charge in [0.1, 0.15) is 11.6 Å². The molecule has 0 saturated carbocycles. The standard InChI is InChI=1S/C17H13ClN2O/c1-12-7-8-15(18)10-16(12)20-17(21)14(11-19)9-13-5-3-2-4-6-13/h2-10H,1H3,(H,20,21)/b14-9+. The second-order valence-electron chi connectivity index (χ2n) is 4.49. The third-order valence-corrected chi connectivity index (χ3v) is 3.16. The minimum absolute atomic E-state index is 0.0422. The zero-order chi connectivity index (χ0) is 15.2. The maximum Gasteiger partial charge on any atom is 0.266 e. The van der Waals surface area contributed by atoms with Crippen molar-refractivity contribution in [1.29, 1.82) is 5.26 Å². The van der Waals surface area contributed by atoms with Crippen LogP contribution in [0.2, 0.25) is 5.02 Å². The third kappa shape index (κ3) is 3.95. The molecule has 0 fully saturated rings. The fraction of sp³-hybridized carbons (Fsp3) is 0.0588. The predicted octanol–water partition coefficient (Wildman–Crippen LogP) is 4.19. The van der Waals surface area contributed by atoms with E-state index in [9.17, 15) is 4.79 Å². The average Bonchev–Trinajstić information content (AvgIpc) is 2.49. The van der Waals surface area contributed by atoms with Crippen LogP contribution in [0.5, 0.6) is 0 Å². The summed E-state index contributed by atoms with van der Waals surface area (Å²) in [4.78, 5) is 12.2. The lowest BCUT2D eigenvalue weighted by Crippen LogP contribution is -2.14. The van der Waals surface area contributed by atoms with Crippen LogP contribution in [-0.2, 0) is 4.79 Å². The summed E-state index contributed by atoms with van der Waals surface area (Å²) in [6, 6.07) is 16.4. The molecule has 2 rings (SSSR count). The van der Waals surface area contributed by atoms with Gasteiger partial charge in [-0.15, -0.1) is 0 Å². The fourth-order valence-electron chi connectivity index (χ4n) is 1.78. The molecule has 0 heterocycles. The molecule has 4 heteroatoms. The van der Waals surface area contributed by atoms with Crippen molar-refractivity contribution in [3.05, 3.63) is 70.3 Å². The maximum absolute atomic E-state index is 12.2. The number of carbonyl (C=O) groups excluding carboxylic acids is 1. The number of carbonyl (C=O) groups is 1. The molecule has 0 saturated heterocycles. The molecule has 104 valence electrons. The Kier molecular flexibility index (Phi) is 4.76. The van der Waals surface area contributed by atoms with Gasteiger partial charge in [-0.3, -0.25) is 4.79 Å². The van der Waals surface area contributed by atoms with Gasteiger partial charge in [0.05, 0.1) is 0 Å². The first-order valence-corrected chi connectivity index (χ1v) is 6.72. The van der Waals surface area contributed by atoms with Crippen LogP contribution in [0.15, 0.2) is 54.1 Å². The fourth-order valence-corrected chi connectivity index (χ4v) is 1.96. The van der Waals surface area contributed by atoms with Gasteiger partial charge in [-0.25, -0.2) is 0 Å². The van der Waals surface area contributed by atoms with Crippen LogP contribution >= 0.6 is 11.6 Å². The smallest absolute Gasteiger partial charge is 0.266 e. The first-order valence-electron chi connectivity index (χ1n) is 6.34. The number of rotatable bonds is 3. The number of nitriles is 1. The normalized spacial score (nSPS) is 10.8. The number of amides is 1. The Morgan fingerprint density at radius 3 is 2.62 bits per heavy atom. The molecule has 0 atom stereocenters. The number of aryl methyl sites for hydroxylation is 1. The topological polar surface area (TPSA) is 52.9 Å². The van der Waals surface area contributed by atoms with Gasteiger partial charge in [-0.1, -0.05) is 48.0 Å². The molecule has 0 aromatic heterocycles. The molecule has 0 bridgehead atoms. The minimum atomic E-state index is -0.452. The van der Waals surface area contributed by atoms with E-state index in [4.69, 9.17) is 16.9 Å². The van der Waals surface area contributed by atoms with Gasteiger partial charge in [-0.2, -0.15) is 5.26 Å². The highest BCUT2D eigenvalue weighted by Gasteiger charge is 2.11. The Hall–Kier alpha value is -2.57. The van der Waals surface area contributed by atoms with E-state index in [0.29, 0.717) is 10.7 Å². The van der Waals surface area contributed by atoms with Crippen LogP contribution in [0.4, 0.5) is 5.69 Å². The molecule has 2 aromatic carbocycles. The van der Waals surface area contributed by atoms with Crippen LogP contribution in [-0.4, -0.2) is 5.91 Å². The molecular formula is C17H13ClN2O. The van der Waals surface area contributed by atoms with E-state index in [0.717, 1.165) is 11.1 Å². The van der Waals surface area contributed by atoms with Crippen LogP contribution in [0, 0.1) is 18.3 Å². The largest absolute Gasteiger partial charge is 0.321 e. The molecule has 1 amide bonds. The van der Waals surface area contributed by atoms with Crippen LogP contribution in [0.1, 0.15) is 11.1 Å². The van der Waals surface area contributed by atoms with Gasteiger partial charge in [0.2, 0.25) is 0 Å². The summed E-state index contributed by atoms with van der Waals surface area (Å²) in [5.74, 6) is -0.452. The molecular weight excluding hydrogens is 284 g/mol. The molecule has 1 N–H and O–H groups in total. The summed E-state index contributed by atoms with van der Waals surface area (Å²) < 4.78 is 0. The van der Waals surface area contributed by atoms with Crippen molar-refractivity contribution < 1.29 is 4.79 Å². The number of nitrogens with zero attached hydrogens (tertiary/aromatic N) is 1. The van der Waals surface area contributed by atoms with E-state index in [1.807, 2.05) is 49.4 Å². The predicted molar refractivity (Wildman–Crippen MR) is 84.9 cm³/mol. The summed E-state index contributed by atoms with van der Waals surface area (Å²) in [6.07, 6.45) is 1.55. The third-order valence-electron chi connectivity index (χ3n) is 2.92. The van der Waals surface area contributed by atoms with Crippen molar-refractivity contribution in [2.24, 2.45) is 0 Å². The van der Waals surface area contributed by atoms with E-state index in [1.54, 1.807) is 18.2 Å². The lowest BCUT2D eigenvalue weighted by molar-refractivity contribution is -0.112. The minimum Gasteiger partial charge on any atom is -0.321 e. The Morgan fingerprint density at radius 2 is 1.95 bits per heavy atom. The second-order valence-corrected chi connectivity index (χ2v) is 4.93. The van der Waals surface area contributed by atoms with Crippen LogP contribution in [0.25, 0.3) is 6.08 Å². The van der Waals surface area contributed by atoms with Crippen molar-refractivity contribution in [3.63, 3.8) is 0 Å². The molecule has 0 aliphatic rings. The number of benzene rings is 2. The number of nitrogens with one attached hydrogen (secondary N) is 1. The van der Waals surface area contributed by atoms with Crippen molar-refractivity contribution in [2.75, 3.05) is 5.32 Å². The van der Waals surface area contributed by atoms with E-state index >= 15 is 0 Å². The zero-order valence-electron chi connectivity index (χ0n) is 11.4. The molecule has 0 spiro atoms. The Labute approximate surface area is 128 Å². The van der Waals surface area contributed by atoms with Crippen LogP contribution in [0.3, 0.4) is 0 Å². The average molecular weight is 297 g/mol. The Balaban J connectivity index is 2.24. The van der Waals surface area contributed by atoms with E-state index in [2.05, 4.69) is 5.32 Å². The Morgan fingerprint density at radius 1 is 1.24 bits per heavy atom. The van der Waals surface area contributed by atoms with Crippen molar-refractivity contribution in [3.8, 4) is 6.07 Å². The zero-order valence-corrected chi connectivity index (χ0v) is 12.2. The van der Waals surface area contributed by atoms with Gasteiger partial charge in [0.15, 0.2) is 0 Å². The highest BCUT2D eigenvalue weighted by molar-refractivity contribution is 6.31. The second kappa shape index (κ2) is 6.74. The summed E-state index contributed by atoms with van der Waals surface area (Å²) in [5, 5.41) is 12.4.